The summed E-state index contributed by atoms with van der Waals surface area (Å²) in [5, 5.41) is 4.32. The molecule has 1 aromatic rings. The maximum absolute atomic E-state index is 6.13. The van der Waals surface area contributed by atoms with Crippen molar-refractivity contribution in [1.82, 2.24) is 5.32 Å². The highest BCUT2D eigenvalue weighted by atomic mass is 35.5. The van der Waals surface area contributed by atoms with Crippen molar-refractivity contribution < 1.29 is 0 Å². The van der Waals surface area contributed by atoms with Crippen molar-refractivity contribution in [3.8, 4) is 0 Å². The standard InChI is InChI=1S/C13H20ClN/c1-4-15-11(3)10(2)9-12-7-5-6-8-13(12)14/h5-8,10-11,15H,4,9H2,1-3H3. The molecule has 0 aliphatic heterocycles. The highest BCUT2D eigenvalue weighted by Gasteiger charge is 2.12. The second-order valence-corrected chi connectivity index (χ2v) is 4.53. The lowest BCUT2D eigenvalue weighted by atomic mass is 9.95. The van der Waals surface area contributed by atoms with Gasteiger partial charge in [0.2, 0.25) is 0 Å². The first-order chi connectivity index (χ1) is 7.15. The van der Waals surface area contributed by atoms with E-state index in [-0.39, 0.29) is 0 Å². The molecule has 15 heavy (non-hydrogen) atoms. The van der Waals surface area contributed by atoms with Gasteiger partial charge in [-0.05, 0) is 37.4 Å². The Balaban J connectivity index is 2.58. The molecule has 0 aromatic heterocycles. The van der Waals surface area contributed by atoms with Crippen molar-refractivity contribution in [1.29, 1.82) is 0 Å². The van der Waals surface area contributed by atoms with Crippen LogP contribution in [0.4, 0.5) is 0 Å². The summed E-state index contributed by atoms with van der Waals surface area (Å²) in [5.41, 5.74) is 1.25. The fraction of sp³-hybridized carbons (Fsp3) is 0.538. The molecule has 2 unspecified atom stereocenters. The molecule has 0 bridgehead atoms. The van der Waals surface area contributed by atoms with E-state index >= 15 is 0 Å². The maximum Gasteiger partial charge on any atom is 0.0438 e. The monoisotopic (exact) mass is 225 g/mol. The van der Waals surface area contributed by atoms with Crippen molar-refractivity contribution in [2.75, 3.05) is 6.54 Å². The highest BCUT2D eigenvalue weighted by molar-refractivity contribution is 6.31. The summed E-state index contributed by atoms with van der Waals surface area (Å²) in [5.74, 6) is 0.602. The number of hydrogen-bond acceptors (Lipinski definition) is 1. The van der Waals surface area contributed by atoms with Gasteiger partial charge in [0.1, 0.15) is 0 Å². The molecule has 0 amide bonds. The van der Waals surface area contributed by atoms with Gasteiger partial charge in [0, 0.05) is 11.1 Å². The molecular formula is C13H20ClN. The van der Waals surface area contributed by atoms with Crippen LogP contribution in [-0.4, -0.2) is 12.6 Å². The van der Waals surface area contributed by atoms with E-state index in [0.717, 1.165) is 18.0 Å². The zero-order valence-electron chi connectivity index (χ0n) is 9.76. The Hall–Kier alpha value is -0.530. The van der Waals surface area contributed by atoms with E-state index in [1.807, 2.05) is 18.2 Å². The van der Waals surface area contributed by atoms with Crippen molar-refractivity contribution in [3.63, 3.8) is 0 Å². The molecule has 0 fully saturated rings. The Morgan fingerprint density at radius 2 is 1.93 bits per heavy atom. The molecular weight excluding hydrogens is 206 g/mol. The van der Waals surface area contributed by atoms with Gasteiger partial charge < -0.3 is 5.32 Å². The average Bonchev–Trinajstić information content (AvgIpc) is 2.21. The number of rotatable bonds is 5. The molecule has 0 heterocycles. The van der Waals surface area contributed by atoms with E-state index in [4.69, 9.17) is 11.6 Å². The van der Waals surface area contributed by atoms with Gasteiger partial charge in [-0.3, -0.25) is 0 Å². The summed E-state index contributed by atoms with van der Waals surface area (Å²) in [7, 11) is 0. The largest absolute Gasteiger partial charge is 0.314 e. The SMILES string of the molecule is CCNC(C)C(C)Cc1ccccc1Cl. The van der Waals surface area contributed by atoms with Crippen LogP contribution in [0.2, 0.25) is 5.02 Å². The Labute approximate surface area is 97.8 Å². The van der Waals surface area contributed by atoms with E-state index in [1.165, 1.54) is 5.56 Å². The van der Waals surface area contributed by atoms with Gasteiger partial charge >= 0.3 is 0 Å². The predicted molar refractivity (Wildman–Crippen MR) is 67.5 cm³/mol. The molecule has 1 nitrogen and oxygen atoms in total. The molecule has 1 rings (SSSR count). The maximum atomic E-state index is 6.13. The van der Waals surface area contributed by atoms with E-state index in [1.54, 1.807) is 0 Å². The van der Waals surface area contributed by atoms with Gasteiger partial charge in [-0.25, -0.2) is 0 Å². The summed E-state index contributed by atoms with van der Waals surface area (Å²) in [6.45, 7) is 7.65. The van der Waals surface area contributed by atoms with E-state index in [9.17, 15) is 0 Å². The summed E-state index contributed by atoms with van der Waals surface area (Å²) in [6, 6.07) is 8.63. The summed E-state index contributed by atoms with van der Waals surface area (Å²) < 4.78 is 0. The molecule has 2 atom stereocenters. The number of hydrogen-bond donors (Lipinski definition) is 1. The molecule has 1 aromatic carbocycles. The van der Waals surface area contributed by atoms with Gasteiger partial charge in [-0.1, -0.05) is 43.6 Å². The highest BCUT2D eigenvalue weighted by Crippen LogP contribution is 2.20. The average molecular weight is 226 g/mol. The Kier molecular flexibility index (Phi) is 5.13. The summed E-state index contributed by atoms with van der Waals surface area (Å²) >= 11 is 6.13. The number of nitrogens with one attached hydrogen (secondary N) is 1. The number of halogens is 1. The molecule has 0 aliphatic rings. The van der Waals surface area contributed by atoms with Crippen LogP contribution < -0.4 is 5.32 Å². The Morgan fingerprint density at radius 3 is 2.53 bits per heavy atom. The molecule has 0 saturated heterocycles. The lowest BCUT2D eigenvalue weighted by Gasteiger charge is -2.21. The van der Waals surface area contributed by atoms with Crippen LogP contribution in [0.1, 0.15) is 26.3 Å². The zero-order chi connectivity index (χ0) is 11.3. The minimum absolute atomic E-state index is 0.534. The second-order valence-electron chi connectivity index (χ2n) is 4.12. The van der Waals surface area contributed by atoms with E-state index in [2.05, 4.69) is 32.2 Å². The molecule has 1 N–H and O–H groups in total. The molecule has 84 valence electrons. The van der Waals surface area contributed by atoms with Crippen LogP contribution in [0.15, 0.2) is 24.3 Å². The smallest absolute Gasteiger partial charge is 0.0438 e. The minimum Gasteiger partial charge on any atom is -0.314 e. The van der Waals surface area contributed by atoms with Crippen LogP contribution in [-0.2, 0) is 6.42 Å². The van der Waals surface area contributed by atoms with E-state index < -0.39 is 0 Å². The molecule has 0 saturated carbocycles. The van der Waals surface area contributed by atoms with Gasteiger partial charge in [0.05, 0.1) is 0 Å². The van der Waals surface area contributed by atoms with Gasteiger partial charge in [-0.15, -0.1) is 0 Å². The van der Waals surface area contributed by atoms with Crippen LogP contribution in [0.3, 0.4) is 0 Å². The van der Waals surface area contributed by atoms with Crippen LogP contribution in [0, 0.1) is 5.92 Å². The molecule has 0 spiro atoms. The van der Waals surface area contributed by atoms with Crippen molar-refractivity contribution in [2.24, 2.45) is 5.92 Å². The third-order valence-corrected chi connectivity index (χ3v) is 3.25. The second kappa shape index (κ2) is 6.14. The first-order valence-electron chi connectivity index (χ1n) is 5.62. The Morgan fingerprint density at radius 1 is 1.27 bits per heavy atom. The summed E-state index contributed by atoms with van der Waals surface area (Å²) in [4.78, 5) is 0. The van der Waals surface area contributed by atoms with Crippen molar-refractivity contribution in [3.05, 3.63) is 34.9 Å². The first-order valence-corrected chi connectivity index (χ1v) is 5.99. The fourth-order valence-corrected chi connectivity index (χ4v) is 1.92. The lowest BCUT2D eigenvalue weighted by Crippen LogP contribution is -2.32. The third-order valence-electron chi connectivity index (χ3n) is 2.88. The fourth-order valence-electron chi connectivity index (χ4n) is 1.71. The topological polar surface area (TPSA) is 12.0 Å². The van der Waals surface area contributed by atoms with Crippen LogP contribution in [0.5, 0.6) is 0 Å². The first kappa shape index (κ1) is 12.5. The van der Waals surface area contributed by atoms with Gasteiger partial charge in [-0.2, -0.15) is 0 Å². The molecule has 0 aliphatic carbocycles. The van der Waals surface area contributed by atoms with Gasteiger partial charge in [0.15, 0.2) is 0 Å². The van der Waals surface area contributed by atoms with Crippen molar-refractivity contribution in [2.45, 2.75) is 33.2 Å². The van der Waals surface area contributed by atoms with Crippen LogP contribution >= 0.6 is 11.6 Å². The Bertz CT molecular complexity index is 298. The minimum atomic E-state index is 0.534. The van der Waals surface area contributed by atoms with Gasteiger partial charge in [0.25, 0.3) is 0 Å². The number of benzene rings is 1. The zero-order valence-corrected chi connectivity index (χ0v) is 10.5. The molecule has 0 radical (unpaired) electrons. The summed E-state index contributed by atoms with van der Waals surface area (Å²) in [6.07, 6.45) is 1.04. The normalized spacial score (nSPS) is 14.9. The lowest BCUT2D eigenvalue weighted by molar-refractivity contribution is 0.406. The third kappa shape index (κ3) is 3.84. The van der Waals surface area contributed by atoms with Crippen LogP contribution in [0.25, 0.3) is 0 Å². The predicted octanol–water partition coefficient (Wildman–Crippen LogP) is 3.52. The van der Waals surface area contributed by atoms with Crippen molar-refractivity contribution >= 4 is 11.6 Å². The quantitative estimate of drug-likeness (QED) is 0.809. The van der Waals surface area contributed by atoms with E-state index in [0.29, 0.717) is 12.0 Å². The molecule has 2 heteroatoms.